The molecule has 1 nitrogen and oxygen atoms in total. The van der Waals surface area contributed by atoms with Gasteiger partial charge in [-0.25, -0.2) is 0 Å². The molecular formula is C11H22ClO. The lowest BCUT2D eigenvalue weighted by atomic mass is 10.1. The van der Waals surface area contributed by atoms with Crippen LogP contribution in [0.5, 0.6) is 0 Å². The second-order valence-corrected chi connectivity index (χ2v) is 3.59. The summed E-state index contributed by atoms with van der Waals surface area (Å²) in [7, 11) is 0. The van der Waals surface area contributed by atoms with Crippen molar-refractivity contribution in [1.82, 2.24) is 0 Å². The van der Waals surface area contributed by atoms with Gasteiger partial charge in [-0.2, -0.15) is 0 Å². The molecule has 2 heteroatoms. The molecule has 79 valence electrons. The molecular weight excluding hydrogens is 184 g/mol. The number of halogens is 1. The van der Waals surface area contributed by atoms with E-state index in [0.29, 0.717) is 12.5 Å². The zero-order valence-electron chi connectivity index (χ0n) is 8.73. The van der Waals surface area contributed by atoms with Crippen LogP contribution in [0.4, 0.5) is 0 Å². The topological polar surface area (TPSA) is 9.23 Å². The summed E-state index contributed by atoms with van der Waals surface area (Å²) in [6.45, 7) is 3.84. The maximum absolute atomic E-state index is 5.46. The Balaban J connectivity index is 2.76. The van der Waals surface area contributed by atoms with Gasteiger partial charge in [0.25, 0.3) is 0 Å². The van der Waals surface area contributed by atoms with E-state index in [4.69, 9.17) is 16.3 Å². The van der Waals surface area contributed by atoms with Crippen molar-refractivity contribution in [2.75, 3.05) is 19.1 Å². The third-order valence-corrected chi connectivity index (χ3v) is 2.21. The largest absolute Gasteiger partial charge is 0.381 e. The van der Waals surface area contributed by atoms with Crippen molar-refractivity contribution in [3.63, 3.8) is 0 Å². The van der Waals surface area contributed by atoms with Crippen LogP contribution in [0.2, 0.25) is 0 Å². The fourth-order valence-corrected chi connectivity index (χ4v) is 1.28. The molecule has 0 atom stereocenters. The van der Waals surface area contributed by atoms with Crippen LogP contribution in [0.1, 0.15) is 45.4 Å². The van der Waals surface area contributed by atoms with Crippen LogP contribution < -0.4 is 0 Å². The first kappa shape index (κ1) is 13.2. The predicted molar refractivity (Wildman–Crippen MR) is 59.2 cm³/mol. The average molecular weight is 206 g/mol. The van der Waals surface area contributed by atoms with Gasteiger partial charge in [-0.3, -0.25) is 0 Å². The molecule has 0 aromatic carbocycles. The molecule has 0 fully saturated rings. The third-order valence-electron chi connectivity index (χ3n) is 1.99. The van der Waals surface area contributed by atoms with Crippen molar-refractivity contribution >= 4 is 11.6 Å². The lowest BCUT2D eigenvalue weighted by Gasteiger charge is -2.02. The number of unbranched alkanes of at least 4 members (excludes halogenated alkanes) is 5. The molecule has 0 N–H and O–H groups in total. The van der Waals surface area contributed by atoms with Crippen LogP contribution in [0.15, 0.2) is 0 Å². The molecule has 13 heavy (non-hydrogen) atoms. The molecule has 0 amide bonds. The molecule has 0 aromatic rings. The number of hydrogen-bond acceptors (Lipinski definition) is 1. The van der Waals surface area contributed by atoms with Crippen molar-refractivity contribution in [2.45, 2.75) is 45.4 Å². The second-order valence-electron chi connectivity index (χ2n) is 3.29. The Morgan fingerprint density at radius 1 is 1.08 bits per heavy atom. The van der Waals surface area contributed by atoms with Gasteiger partial charge in [0.2, 0.25) is 0 Å². The van der Waals surface area contributed by atoms with Gasteiger partial charge in [-0.05, 0) is 6.42 Å². The summed E-state index contributed by atoms with van der Waals surface area (Å²) in [4.78, 5) is 0. The molecule has 0 aliphatic heterocycles. The number of hydrogen-bond donors (Lipinski definition) is 0. The van der Waals surface area contributed by atoms with Crippen LogP contribution in [-0.4, -0.2) is 19.1 Å². The Morgan fingerprint density at radius 2 is 1.77 bits per heavy atom. The third kappa shape index (κ3) is 12.2. The van der Waals surface area contributed by atoms with Crippen LogP contribution in [0.3, 0.4) is 0 Å². The number of alkyl halides is 1. The van der Waals surface area contributed by atoms with E-state index >= 15 is 0 Å². The van der Waals surface area contributed by atoms with Gasteiger partial charge in [0.15, 0.2) is 0 Å². The molecule has 0 saturated heterocycles. The minimum absolute atomic E-state index is 0.594. The van der Waals surface area contributed by atoms with Gasteiger partial charge in [0.1, 0.15) is 0 Å². The van der Waals surface area contributed by atoms with Crippen molar-refractivity contribution in [2.24, 2.45) is 0 Å². The first-order valence-electron chi connectivity index (χ1n) is 5.37. The maximum atomic E-state index is 5.46. The molecule has 0 saturated carbocycles. The Hall–Kier alpha value is 0.250. The van der Waals surface area contributed by atoms with Crippen LogP contribution in [-0.2, 0) is 4.74 Å². The summed E-state index contributed by atoms with van der Waals surface area (Å²) in [6, 6.07) is 0. The molecule has 0 rings (SSSR count). The predicted octanol–water partition coefficient (Wildman–Crippen LogP) is 3.81. The van der Waals surface area contributed by atoms with E-state index in [-0.39, 0.29) is 0 Å². The fourth-order valence-electron chi connectivity index (χ4n) is 1.20. The molecule has 0 spiro atoms. The summed E-state index contributed by atoms with van der Waals surface area (Å²) in [6.07, 6.45) is 9.88. The highest BCUT2D eigenvalue weighted by molar-refractivity contribution is 6.18. The van der Waals surface area contributed by atoms with Crippen LogP contribution in [0, 0.1) is 6.42 Å². The highest BCUT2D eigenvalue weighted by Gasteiger charge is 1.90. The molecule has 0 unspecified atom stereocenters. The fraction of sp³-hybridized carbons (Fsp3) is 0.909. The van der Waals surface area contributed by atoms with Gasteiger partial charge < -0.3 is 4.74 Å². The van der Waals surface area contributed by atoms with Gasteiger partial charge in [0.05, 0.1) is 6.61 Å². The summed E-state index contributed by atoms with van der Waals surface area (Å²) in [5.41, 5.74) is 0. The summed E-state index contributed by atoms with van der Waals surface area (Å²) < 4.78 is 5.34. The Labute approximate surface area is 87.8 Å². The first-order chi connectivity index (χ1) is 6.41. The normalized spacial score (nSPS) is 10.6. The quantitative estimate of drug-likeness (QED) is 0.389. The van der Waals surface area contributed by atoms with Crippen molar-refractivity contribution in [1.29, 1.82) is 0 Å². The smallest absolute Gasteiger partial charge is 0.0509 e. The molecule has 0 aromatic heterocycles. The molecule has 0 aliphatic rings. The summed E-state index contributed by atoms with van der Waals surface area (Å²) in [5, 5.41) is 0. The monoisotopic (exact) mass is 205 g/mol. The van der Waals surface area contributed by atoms with Gasteiger partial charge in [-0.1, -0.05) is 39.0 Å². The van der Waals surface area contributed by atoms with Crippen molar-refractivity contribution in [3.8, 4) is 0 Å². The highest BCUT2D eigenvalue weighted by atomic mass is 35.5. The van der Waals surface area contributed by atoms with Crippen molar-refractivity contribution < 1.29 is 4.74 Å². The standard InChI is InChI=1S/C11H22ClO/c1-2-3-4-5-6-7-10-13-11-8-9-12/h8H,2-7,9-11H2,1H3. The van der Waals surface area contributed by atoms with Crippen LogP contribution >= 0.6 is 11.6 Å². The Morgan fingerprint density at radius 3 is 2.46 bits per heavy atom. The summed E-state index contributed by atoms with van der Waals surface area (Å²) in [5.74, 6) is 0.594. The van der Waals surface area contributed by atoms with E-state index in [9.17, 15) is 0 Å². The van der Waals surface area contributed by atoms with Gasteiger partial charge in [0, 0.05) is 18.9 Å². The zero-order valence-corrected chi connectivity index (χ0v) is 9.48. The van der Waals surface area contributed by atoms with E-state index in [0.717, 1.165) is 6.61 Å². The van der Waals surface area contributed by atoms with Crippen LogP contribution in [0.25, 0.3) is 0 Å². The minimum atomic E-state index is 0.594. The number of ether oxygens (including phenoxy) is 1. The average Bonchev–Trinajstić information content (AvgIpc) is 2.16. The van der Waals surface area contributed by atoms with E-state index < -0.39 is 0 Å². The molecule has 0 aliphatic carbocycles. The lowest BCUT2D eigenvalue weighted by Crippen LogP contribution is -1.98. The van der Waals surface area contributed by atoms with Gasteiger partial charge >= 0.3 is 0 Å². The lowest BCUT2D eigenvalue weighted by molar-refractivity contribution is 0.149. The minimum Gasteiger partial charge on any atom is -0.381 e. The zero-order chi connectivity index (χ0) is 9.78. The SMILES string of the molecule is CCCCCCCCOC[CH]CCl. The second kappa shape index (κ2) is 12.2. The van der Waals surface area contributed by atoms with E-state index in [1.807, 2.05) is 6.42 Å². The Kier molecular flexibility index (Phi) is 12.5. The van der Waals surface area contributed by atoms with Crippen molar-refractivity contribution in [3.05, 3.63) is 6.42 Å². The first-order valence-corrected chi connectivity index (χ1v) is 5.90. The molecule has 0 bridgehead atoms. The van der Waals surface area contributed by atoms with E-state index in [1.54, 1.807) is 0 Å². The summed E-state index contributed by atoms with van der Waals surface area (Å²) >= 11 is 5.46. The Bertz CT molecular complexity index is 76.2. The number of rotatable bonds is 10. The van der Waals surface area contributed by atoms with Gasteiger partial charge in [-0.15, -0.1) is 11.6 Å². The molecule has 1 radical (unpaired) electrons. The highest BCUT2D eigenvalue weighted by Crippen LogP contribution is 2.04. The van der Waals surface area contributed by atoms with E-state index in [1.165, 1.54) is 38.5 Å². The maximum Gasteiger partial charge on any atom is 0.0509 e. The van der Waals surface area contributed by atoms with E-state index in [2.05, 4.69) is 6.92 Å². The molecule has 0 heterocycles.